The molecule has 3 aromatic heterocycles. The normalized spacial score (nSPS) is 14.6. The van der Waals surface area contributed by atoms with Crippen molar-refractivity contribution in [1.29, 1.82) is 0 Å². The zero-order chi connectivity index (χ0) is 23.2. The number of aryl methyl sites for hydroxylation is 1. The third-order valence-electron chi connectivity index (χ3n) is 7.42. The number of benzene rings is 2. The van der Waals surface area contributed by atoms with Crippen LogP contribution in [0.4, 0.5) is 0 Å². The first-order chi connectivity index (χ1) is 16.6. The zero-order valence-corrected chi connectivity index (χ0v) is 20.1. The van der Waals surface area contributed by atoms with Crippen molar-refractivity contribution in [3.8, 4) is 22.4 Å². The molecule has 6 rings (SSSR count). The van der Waals surface area contributed by atoms with Gasteiger partial charge in [-0.05, 0) is 66.5 Å². The zero-order valence-electron chi connectivity index (χ0n) is 20.1. The SMILES string of the molecule is Cc1ccc2c(oc3nc(C(C)C)ccc32)c1-c1ccc(-c2ccc(C3CCCC3)cc2)cn1. The van der Waals surface area contributed by atoms with Crippen LogP contribution in [-0.2, 0) is 0 Å². The molecule has 1 aliphatic rings. The van der Waals surface area contributed by atoms with Crippen molar-refractivity contribution < 1.29 is 4.42 Å². The van der Waals surface area contributed by atoms with Crippen LogP contribution in [0.1, 0.15) is 68.2 Å². The number of fused-ring (bicyclic) bond motifs is 3. The molecule has 1 saturated carbocycles. The topological polar surface area (TPSA) is 38.9 Å². The van der Waals surface area contributed by atoms with E-state index in [-0.39, 0.29) is 0 Å². The lowest BCUT2D eigenvalue weighted by Gasteiger charge is -2.11. The van der Waals surface area contributed by atoms with Gasteiger partial charge in [-0.15, -0.1) is 0 Å². The quantitative estimate of drug-likeness (QED) is 0.277. The minimum Gasteiger partial charge on any atom is -0.437 e. The highest BCUT2D eigenvalue weighted by molar-refractivity contribution is 6.09. The number of hydrogen-bond acceptors (Lipinski definition) is 3. The molecule has 0 amide bonds. The fourth-order valence-electron chi connectivity index (χ4n) is 5.39. The van der Waals surface area contributed by atoms with Crippen LogP contribution in [0, 0.1) is 6.92 Å². The second-order valence-electron chi connectivity index (χ2n) is 10.0. The van der Waals surface area contributed by atoms with Crippen LogP contribution in [0.5, 0.6) is 0 Å². The van der Waals surface area contributed by atoms with Crippen LogP contribution in [0.15, 0.2) is 71.3 Å². The van der Waals surface area contributed by atoms with E-state index in [1.165, 1.54) is 36.8 Å². The number of pyridine rings is 2. The van der Waals surface area contributed by atoms with Crippen molar-refractivity contribution in [3.63, 3.8) is 0 Å². The lowest BCUT2D eigenvalue weighted by Crippen LogP contribution is -1.92. The number of rotatable bonds is 4. The minimum atomic E-state index is 0.361. The molecule has 0 N–H and O–H groups in total. The third-order valence-corrected chi connectivity index (χ3v) is 7.42. The highest BCUT2D eigenvalue weighted by atomic mass is 16.3. The maximum absolute atomic E-state index is 6.34. The summed E-state index contributed by atoms with van der Waals surface area (Å²) < 4.78 is 6.34. The summed E-state index contributed by atoms with van der Waals surface area (Å²) in [5.74, 6) is 1.10. The van der Waals surface area contributed by atoms with Gasteiger partial charge in [0.2, 0.25) is 5.71 Å². The summed E-state index contributed by atoms with van der Waals surface area (Å²) in [6, 6.07) is 21.9. The Morgan fingerprint density at radius 2 is 1.56 bits per heavy atom. The summed E-state index contributed by atoms with van der Waals surface area (Å²) in [6.07, 6.45) is 7.37. The van der Waals surface area contributed by atoms with Crippen molar-refractivity contribution in [3.05, 3.63) is 83.7 Å². The Hall–Kier alpha value is -3.46. The van der Waals surface area contributed by atoms with Gasteiger partial charge < -0.3 is 4.42 Å². The number of nitrogens with zero attached hydrogens (tertiary/aromatic N) is 2. The smallest absolute Gasteiger partial charge is 0.227 e. The minimum absolute atomic E-state index is 0.361. The van der Waals surface area contributed by atoms with E-state index in [9.17, 15) is 0 Å². The number of hydrogen-bond donors (Lipinski definition) is 0. The van der Waals surface area contributed by atoms with E-state index in [4.69, 9.17) is 14.4 Å². The monoisotopic (exact) mass is 446 g/mol. The Morgan fingerprint density at radius 1 is 0.824 bits per heavy atom. The fraction of sp³-hybridized carbons (Fsp3) is 0.290. The first kappa shape index (κ1) is 21.1. The van der Waals surface area contributed by atoms with Crippen LogP contribution < -0.4 is 0 Å². The first-order valence-electron chi connectivity index (χ1n) is 12.5. The van der Waals surface area contributed by atoms with Gasteiger partial charge in [-0.2, -0.15) is 0 Å². The van der Waals surface area contributed by atoms with Crippen molar-refractivity contribution in [2.75, 3.05) is 0 Å². The molecule has 3 heterocycles. The van der Waals surface area contributed by atoms with E-state index in [0.717, 1.165) is 50.4 Å². The molecule has 5 aromatic rings. The fourth-order valence-corrected chi connectivity index (χ4v) is 5.39. The Kier molecular flexibility index (Phi) is 5.21. The molecule has 2 aromatic carbocycles. The van der Waals surface area contributed by atoms with Crippen LogP contribution in [-0.4, -0.2) is 9.97 Å². The highest BCUT2D eigenvalue weighted by Crippen LogP contribution is 2.38. The molecular formula is C31H30N2O. The molecule has 0 atom stereocenters. The lowest BCUT2D eigenvalue weighted by atomic mass is 9.95. The molecule has 0 radical (unpaired) electrons. The largest absolute Gasteiger partial charge is 0.437 e. The van der Waals surface area contributed by atoms with E-state index >= 15 is 0 Å². The van der Waals surface area contributed by atoms with Crippen molar-refractivity contribution in [1.82, 2.24) is 9.97 Å². The van der Waals surface area contributed by atoms with E-state index in [1.54, 1.807) is 0 Å². The summed E-state index contributed by atoms with van der Waals surface area (Å²) in [7, 11) is 0. The van der Waals surface area contributed by atoms with Crippen LogP contribution in [0.25, 0.3) is 44.5 Å². The van der Waals surface area contributed by atoms with Gasteiger partial charge in [0.15, 0.2) is 0 Å². The molecule has 0 unspecified atom stereocenters. The maximum atomic E-state index is 6.34. The lowest BCUT2D eigenvalue weighted by molar-refractivity contribution is 0.648. The molecular weight excluding hydrogens is 416 g/mol. The van der Waals surface area contributed by atoms with Gasteiger partial charge in [0.1, 0.15) is 5.58 Å². The molecule has 0 bridgehead atoms. The Labute approximate surface area is 200 Å². The van der Waals surface area contributed by atoms with Crippen molar-refractivity contribution >= 4 is 22.1 Å². The molecule has 3 nitrogen and oxygen atoms in total. The van der Waals surface area contributed by atoms with E-state index < -0.39 is 0 Å². The van der Waals surface area contributed by atoms with E-state index in [1.807, 2.05) is 6.20 Å². The van der Waals surface area contributed by atoms with Crippen molar-refractivity contribution in [2.24, 2.45) is 0 Å². The summed E-state index contributed by atoms with van der Waals surface area (Å²) in [5.41, 5.74) is 9.57. The summed E-state index contributed by atoms with van der Waals surface area (Å²) in [5, 5.41) is 2.14. The average molecular weight is 447 g/mol. The molecule has 3 heteroatoms. The van der Waals surface area contributed by atoms with Gasteiger partial charge in [-0.1, -0.05) is 69.2 Å². The summed E-state index contributed by atoms with van der Waals surface area (Å²) in [4.78, 5) is 9.65. The van der Waals surface area contributed by atoms with Crippen LogP contribution >= 0.6 is 0 Å². The van der Waals surface area contributed by atoms with E-state index in [0.29, 0.717) is 11.6 Å². The number of furan rings is 1. The van der Waals surface area contributed by atoms with Gasteiger partial charge >= 0.3 is 0 Å². The predicted octanol–water partition coefficient (Wildman–Crippen LogP) is 8.80. The van der Waals surface area contributed by atoms with Gasteiger partial charge in [0, 0.05) is 33.8 Å². The van der Waals surface area contributed by atoms with Crippen LogP contribution in [0.2, 0.25) is 0 Å². The third kappa shape index (κ3) is 3.60. The standard InChI is InChI=1S/C31H30N2O/c1-19(2)27-17-15-26-25-14-8-20(3)29(30(25)34-31(26)33-27)28-16-13-24(18-32-28)23-11-9-22(10-12-23)21-6-4-5-7-21/h8-19,21H,4-7H2,1-3H3. The molecule has 0 saturated heterocycles. The second-order valence-corrected chi connectivity index (χ2v) is 10.0. The average Bonchev–Trinajstić information content (AvgIpc) is 3.52. The second kappa shape index (κ2) is 8.39. The molecule has 0 spiro atoms. The predicted molar refractivity (Wildman–Crippen MR) is 140 cm³/mol. The Morgan fingerprint density at radius 3 is 2.26 bits per heavy atom. The molecule has 0 aliphatic heterocycles. The number of aromatic nitrogens is 2. The summed E-state index contributed by atoms with van der Waals surface area (Å²) in [6.45, 7) is 6.42. The molecule has 34 heavy (non-hydrogen) atoms. The Balaban J connectivity index is 1.37. The van der Waals surface area contributed by atoms with Gasteiger partial charge in [-0.3, -0.25) is 4.98 Å². The van der Waals surface area contributed by atoms with Gasteiger partial charge in [0.05, 0.1) is 5.69 Å². The molecule has 1 aliphatic carbocycles. The van der Waals surface area contributed by atoms with Crippen molar-refractivity contribution in [2.45, 2.75) is 58.3 Å². The summed E-state index contributed by atoms with van der Waals surface area (Å²) >= 11 is 0. The first-order valence-corrected chi connectivity index (χ1v) is 12.5. The van der Waals surface area contributed by atoms with E-state index in [2.05, 4.69) is 81.4 Å². The van der Waals surface area contributed by atoms with Gasteiger partial charge in [0.25, 0.3) is 0 Å². The molecule has 170 valence electrons. The molecule has 1 fully saturated rings. The highest BCUT2D eigenvalue weighted by Gasteiger charge is 2.18. The van der Waals surface area contributed by atoms with Gasteiger partial charge in [-0.25, -0.2) is 4.98 Å². The van der Waals surface area contributed by atoms with Crippen LogP contribution in [0.3, 0.4) is 0 Å². The maximum Gasteiger partial charge on any atom is 0.227 e. The Bertz CT molecular complexity index is 1470.